The van der Waals surface area contributed by atoms with E-state index in [1.165, 1.54) is 18.2 Å². The number of amides is 2. The lowest BCUT2D eigenvalue weighted by atomic mass is 9.95. The van der Waals surface area contributed by atoms with Crippen LogP contribution in [0, 0.1) is 0 Å². The SMILES string of the molecule is COc1c(OC(=O)N2CC3OC(=O)[C@H]32)ccc2c1N=C(NC(=O)c1cccnc1)N1CCN=C21. The number of pyridine rings is 1. The van der Waals surface area contributed by atoms with Gasteiger partial charge >= 0.3 is 12.1 Å². The topological polar surface area (TPSA) is 135 Å². The Hall–Kier alpha value is -4.48. The lowest BCUT2D eigenvalue weighted by molar-refractivity contribution is -0.210. The van der Waals surface area contributed by atoms with Crippen LogP contribution >= 0.6 is 0 Å². The summed E-state index contributed by atoms with van der Waals surface area (Å²) in [6, 6.07) is 6.06. The largest absolute Gasteiger partial charge is 0.491 e. The molecule has 1 aromatic carbocycles. The zero-order chi connectivity index (χ0) is 23.4. The number of carbonyl (C=O) groups is 3. The number of rotatable bonds is 3. The van der Waals surface area contributed by atoms with Gasteiger partial charge in [0.1, 0.15) is 11.5 Å². The zero-order valence-corrected chi connectivity index (χ0v) is 17.9. The normalized spacial score (nSPS) is 21.5. The highest BCUT2D eigenvalue weighted by Gasteiger charge is 2.58. The number of methoxy groups -OCH3 is 1. The second-order valence-corrected chi connectivity index (χ2v) is 7.92. The van der Waals surface area contributed by atoms with Crippen LogP contribution in [0.15, 0.2) is 46.6 Å². The minimum absolute atomic E-state index is 0.135. The lowest BCUT2D eigenvalue weighted by Crippen LogP contribution is -2.74. The summed E-state index contributed by atoms with van der Waals surface area (Å²) in [4.78, 5) is 53.2. The standard InChI is InChI=1S/C22H18N6O6/c1-32-17-13(34-22(31)28-10-14-16(28)20(30)33-14)5-4-12-15(17)25-21(27-8-7-24-18(12)27)26-19(29)11-3-2-6-23-9-11/h2-6,9,14,16H,7-8,10H2,1H3,(H,25,26,29)/t14?,16-/m0/s1. The van der Waals surface area contributed by atoms with Crippen LogP contribution in [0.1, 0.15) is 15.9 Å². The van der Waals surface area contributed by atoms with E-state index in [-0.39, 0.29) is 36.0 Å². The van der Waals surface area contributed by atoms with Crippen molar-refractivity contribution in [2.75, 3.05) is 26.7 Å². The van der Waals surface area contributed by atoms with Crippen LogP contribution in [-0.2, 0) is 9.53 Å². The summed E-state index contributed by atoms with van der Waals surface area (Å²) in [6.07, 6.45) is 2.11. The van der Waals surface area contributed by atoms with Gasteiger partial charge in [0, 0.05) is 24.5 Å². The molecule has 12 nitrogen and oxygen atoms in total. The van der Waals surface area contributed by atoms with Crippen molar-refractivity contribution in [3.8, 4) is 11.5 Å². The molecule has 34 heavy (non-hydrogen) atoms. The molecule has 2 saturated heterocycles. The first-order valence-corrected chi connectivity index (χ1v) is 10.6. The van der Waals surface area contributed by atoms with Crippen molar-refractivity contribution in [2.24, 2.45) is 9.98 Å². The molecule has 2 amide bonds. The van der Waals surface area contributed by atoms with Crippen molar-refractivity contribution < 1.29 is 28.6 Å². The predicted octanol–water partition coefficient (Wildman–Crippen LogP) is 0.692. The van der Waals surface area contributed by atoms with Crippen molar-refractivity contribution in [3.63, 3.8) is 0 Å². The van der Waals surface area contributed by atoms with Crippen LogP contribution in [0.5, 0.6) is 11.5 Å². The van der Waals surface area contributed by atoms with Gasteiger partial charge < -0.3 is 14.2 Å². The highest BCUT2D eigenvalue weighted by Crippen LogP contribution is 2.44. The maximum Gasteiger partial charge on any atom is 0.416 e. The third kappa shape index (κ3) is 2.99. The number of nitrogens with zero attached hydrogens (tertiary/aromatic N) is 5. The van der Waals surface area contributed by atoms with Gasteiger partial charge in [-0.1, -0.05) is 0 Å². The van der Waals surface area contributed by atoms with Gasteiger partial charge in [-0.2, -0.15) is 0 Å². The summed E-state index contributed by atoms with van der Waals surface area (Å²) in [5, 5.41) is 2.81. The zero-order valence-electron chi connectivity index (χ0n) is 17.9. The minimum atomic E-state index is -0.680. The fraction of sp³-hybridized carbons (Fsp3) is 0.273. The van der Waals surface area contributed by atoms with Crippen LogP contribution < -0.4 is 14.8 Å². The summed E-state index contributed by atoms with van der Waals surface area (Å²) < 4.78 is 16.0. The number of carbonyl (C=O) groups excluding carboxylic acids is 3. The van der Waals surface area contributed by atoms with Crippen molar-refractivity contribution >= 4 is 35.5 Å². The molecule has 1 aromatic heterocycles. The van der Waals surface area contributed by atoms with Crippen LogP contribution in [-0.4, -0.2) is 83.4 Å². The smallest absolute Gasteiger partial charge is 0.416 e. The Morgan fingerprint density at radius 3 is 2.88 bits per heavy atom. The highest BCUT2D eigenvalue weighted by molar-refractivity contribution is 6.20. The molecule has 0 aliphatic carbocycles. The van der Waals surface area contributed by atoms with E-state index >= 15 is 0 Å². The lowest BCUT2D eigenvalue weighted by Gasteiger charge is -2.51. The van der Waals surface area contributed by atoms with Crippen LogP contribution in [0.25, 0.3) is 0 Å². The van der Waals surface area contributed by atoms with E-state index in [2.05, 4.69) is 20.3 Å². The molecule has 6 rings (SSSR count). The number of esters is 1. The summed E-state index contributed by atoms with van der Waals surface area (Å²) in [5.74, 6) is 0.441. The number of hydrogen-bond donors (Lipinski definition) is 1. The number of aliphatic imine (C=N–C) groups is 2. The summed E-state index contributed by atoms with van der Waals surface area (Å²) in [7, 11) is 1.43. The quantitative estimate of drug-likeness (QED) is 0.659. The van der Waals surface area contributed by atoms with Crippen molar-refractivity contribution in [3.05, 3.63) is 47.8 Å². The number of aromatic nitrogens is 1. The molecule has 4 aliphatic heterocycles. The fourth-order valence-corrected chi connectivity index (χ4v) is 4.28. The predicted molar refractivity (Wildman–Crippen MR) is 116 cm³/mol. The Balaban J connectivity index is 1.32. The number of guanidine groups is 1. The first-order valence-electron chi connectivity index (χ1n) is 10.6. The van der Waals surface area contributed by atoms with Crippen molar-refractivity contribution in [1.82, 2.24) is 20.1 Å². The number of hydrogen-bond acceptors (Lipinski definition) is 10. The van der Waals surface area contributed by atoms with Gasteiger partial charge in [0.15, 0.2) is 23.6 Å². The Labute approximate surface area is 192 Å². The van der Waals surface area contributed by atoms with E-state index in [0.29, 0.717) is 35.7 Å². The second kappa shape index (κ2) is 7.54. The molecule has 5 heterocycles. The number of morpholine rings is 1. The number of benzene rings is 1. The first-order chi connectivity index (χ1) is 16.5. The van der Waals surface area contributed by atoms with Gasteiger partial charge in [0.25, 0.3) is 5.91 Å². The van der Waals surface area contributed by atoms with Gasteiger partial charge in [0.05, 0.1) is 25.8 Å². The van der Waals surface area contributed by atoms with Crippen LogP contribution in [0.4, 0.5) is 10.5 Å². The van der Waals surface area contributed by atoms with Crippen molar-refractivity contribution in [2.45, 2.75) is 12.1 Å². The van der Waals surface area contributed by atoms with Crippen LogP contribution in [0.3, 0.4) is 0 Å². The van der Waals surface area contributed by atoms with E-state index in [1.807, 2.05) is 4.90 Å². The third-order valence-electron chi connectivity index (χ3n) is 6.01. The van der Waals surface area contributed by atoms with Crippen molar-refractivity contribution in [1.29, 1.82) is 0 Å². The maximum atomic E-state index is 12.7. The first kappa shape index (κ1) is 20.1. The Bertz CT molecular complexity index is 1290. The summed E-state index contributed by atoms with van der Waals surface area (Å²) in [5.41, 5.74) is 1.43. The number of ether oxygens (including phenoxy) is 3. The molecule has 1 unspecified atom stereocenters. The molecule has 12 heteroatoms. The molecular formula is C22H18N6O6. The molecule has 0 saturated carbocycles. The van der Waals surface area contributed by atoms with Gasteiger partial charge in [-0.05, 0) is 24.3 Å². The molecule has 4 aliphatic rings. The van der Waals surface area contributed by atoms with E-state index in [0.717, 1.165) is 0 Å². The summed E-state index contributed by atoms with van der Waals surface area (Å²) >= 11 is 0. The maximum absolute atomic E-state index is 12.7. The molecular weight excluding hydrogens is 444 g/mol. The fourth-order valence-electron chi connectivity index (χ4n) is 4.28. The van der Waals surface area contributed by atoms with Gasteiger partial charge in [-0.25, -0.2) is 14.6 Å². The molecule has 2 fully saturated rings. The van der Waals surface area contributed by atoms with Gasteiger partial charge in [-0.3, -0.25) is 29.9 Å². The Kier molecular flexibility index (Phi) is 4.47. The monoisotopic (exact) mass is 462 g/mol. The average molecular weight is 462 g/mol. The summed E-state index contributed by atoms with van der Waals surface area (Å²) in [6.45, 7) is 1.37. The number of nitrogens with one attached hydrogen (secondary N) is 1. The molecule has 0 radical (unpaired) electrons. The number of likely N-dealkylation sites (tertiary alicyclic amines) is 1. The van der Waals surface area contributed by atoms with Gasteiger partial charge in [0.2, 0.25) is 5.96 Å². The highest BCUT2D eigenvalue weighted by atomic mass is 16.6. The second-order valence-electron chi connectivity index (χ2n) is 7.92. The van der Waals surface area contributed by atoms with E-state index < -0.39 is 18.1 Å². The molecule has 2 aromatic rings. The molecule has 0 spiro atoms. The van der Waals surface area contributed by atoms with E-state index in [4.69, 9.17) is 14.2 Å². The molecule has 1 N–H and O–H groups in total. The Morgan fingerprint density at radius 1 is 1.26 bits per heavy atom. The molecule has 2 atom stereocenters. The van der Waals surface area contributed by atoms with E-state index in [1.54, 1.807) is 30.5 Å². The van der Waals surface area contributed by atoms with E-state index in [9.17, 15) is 14.4 Å². The Morgan fingerprint density at radius 2 is 2.15 bits per heavy atom. The minimum Gasteiger partial charge on any atom is -0.491 e. The van der Waals surface area contributed by atoms with Crippen LogP contribution in [0.2, 0.25) is 0 Å². The average Bonchev–Trinajstić information content (AvgIpc) is 3.32. The number of amidine groups is 1. The van der Waals surface area contributed by atoms with Gasteiger partial charge in [-0.15, -0.1) is 0 Å². The third-order valence-corrected chi connectivity index (χ3v) is 6.01. The molecule has 0 bridgehead atoms. The molecule has 172 valence electrons. The number of fused-ring (bicyclic) bond motifs is 4.